The van der Waals surface area contributed by atoms with Crippen LogP contribution < -0.4 is 5.32 Å². The van der Waals surface area contributed by atoms with Gasteiger partial charge in [-0.3, -0.25) is 9.48 Å². The summed E-state index contributed by atoms with van der Waals surface area (Å²) < 4.78 is 1.90. The van der Waals surface area contributed by atoms with Crippen molar-refractivity contribution in [2.24, 2.45) is 13.0 Å². The molecule has 0 radical (unpaired) electrons. The molecule has 6 heteroatoms. The van der Waals surface area contributed by atoms with E-state index in [1.54, 1.807) is 0 Å². The first-order valence-corrected chi connectivity index (χ1v) is 6.99. The molecule has 1 amide bonds. The molecular formula is C14H25ClN4O. The Hall–Kier alpha value is -1.07. The molecule has 1 aliphatic heterocycles. The quantitative estimate of drug-likeness (QED) is 0.908. The summed E-state index contributed by atoms with van der Waals surface area (Å²) in [5.74, 6) is 0.295. The van der Waals surface area contributed by atoms with Crippen LogP contribution >= 0.6 is 12.4 Å². The Morgan fingerprint density at radius 3 is 2.45 bits per heavy atom. The Morgan fingerprint density at radius 2 is 1.95 bits per heavy atom. The monoisotopic (exact) mass is 300 g/mol. The van der Waals surface area contributed by atoms with E-state index in [-0.39, 0.29) is 24.2 Å². The lowest BCUT2D eigenvalue weighted by atomic mass is 9.98. The van der Waals surface area contributed by atoms with Crippen molar-refractivity contribution < 1.29 is 4.79 Å². The zero-order valence-electron chi connectivity index (χ0n) is 12.8. The van der Waals surface area contributed by atoms with Gasteiger partial charge in [-0.15, -0.1) is 12.4 Å². The fraction of sp³-hybridized carbons (Fsp3) is 0.714. The van der Waals surface area contributed by atoms with Crippen molar-refractivity contribution in [3.05, 3.63) is 17.0 Å². The van der Waals surface area contributed by atoms with Gasteiger partial charge in [0.25, 0.3) is 0 Å². The third-order valence-corrected chi connectivity index (χ3v) is 4.02. The topological polar surface area (TPSA) is 50.2 Å². The first kappa shape index (κ1) is 17.0. The van der Waals surface area contributed by atoms with Crippen molar-refractivity contribution in [3.8, 4) is 0 Å². The third-order valence-electron chi connectivity index (χ3n) is 4.02. The molecule has 2 rings (SSSR count). The second-order valence-electron chi connectivity index (χ2n) is 5.45. The molecule has 1 aliphatic rings. The molecular weight excluding hydrogens is 276 g/mol. The number of rotatable bonds is 3. The Bertz CT molecular complexity index is 466. The van der Waals surface area contributed by atoms with E-state index in [0.717, 1.165) is 44.0 Å². The van der Waals surface area contributed by atoms with Gasteiger partial charge in [0.15, 0.2) is 0 Å². The van der Waals surface area contributed by atoms with Gasteiger partial charge in [0.1, 0.15) is 0 Å². The Balaban J connectivity index is 0.00000200. The largest absolute Gasteiger partial charge is 0.340 e. The van der Waals surface area contributed by atoms with E-state index in [0.29, 0.717) is 0 Å². The highest BCUT2D eigenvalue weighted by Gasteiger charge is 2.24. The van der Waals surface area contributed by atoms with E-state index in [4.69, 9.17) is 0 Å². The van der Waals surface area contributed by atoms with Crippen molar-refractivity contribution in [3.63, 3.8) is 0 Å². The molecule has 1 fully saturated rings. The van der Waals surface area contributed by atoms with E-state index in [2.05, 4.69) is 17.3 Å². The van der Waals surface area contributed by atoms with Crippen LogP contribution in [0.5, 0.6) is 0 Å². The van der Waals surface area contributed by atoms with Crippen LogP contribution in [0.4, 0.5) is 0 Å². The van der Waals surface area contributed by atoms with E-state index >= 15 is 0 Å². The van der Waals surface area contributed by atoms with Crippen molar-refractivity contribution in [1.29, 1.82) is 0 Å². The predicted molar refractivity (Wildman–Crippen MR) is 82.2 cm³/mol. The fourth-order valence-electron chi connectivity index (χ4n) is 2.70. The first-order valence-electron chi connectivity index (χ1n) is 6.99. The maximum atomic E-state index is 12.4. The zero-order chi connectivity index (χ0) is 14.0. The molecule has 2 heterocycles. The van der Waals surface area contributed by atoms with E-state index in [1.165, 1.54) is 5.56 Å². The number of aryl methyl sites for hydroxylation is 2. The standard InChI is InChI=1S/C14H24N4O.ClH/c1-10(14(19)18-7-5-15-6-8-18)9-13-11(2)16-17(4)12(13)3;/h10,15H,5-9H2,1-4H3;1H. The lowest BCUT2D eigenvalue weighted by Gasteiger charge is -2.29. The Labute approximate surface area is 127 Å². The zero-order valence-corrected chi connectivity index (χ0v) is 13.6. The lowest BCUT2D eigenvalue weighted by Crippen LogP contribution is -2.48. The average molecular weight is 301 g/mol. The van der Waals surface area contributed by atoms with Crippen molar-refractivity contribution in [1.82, 2.24) is 20.0 Å². The van der Waals surface area contributed by atoms with Crippen molar-refractivity contribution >= 4 is 18.3 Å². The van der Waals surface area contributed by atoms with Crippen molar-refractivity contribution in [2.75, 3.05) is 26.2 Å². The highest BCUT2D eigenvalue weighted by Crippen LogP contribution is 2.18. The van der Waals surface area contributed by atoms with Gasteiger partial charge < -0.3 is 10.2 Å². The highest BCUT2D eigenvalue weighted by molar-refractivity contribution is 5.85. The Kier molecular flexibility index (Phi) is 6.02. The van der Waals surface area contributed by atoms with Gasteiger partial charge in [-0.2, -0.15) is 5.10 Å². The summed E-state index contributed by atoms with van der Waals surface area (Å²) in [6, 6.07) is 0. The van der Waals surface area contributed by atoms with Crippen LogP contribution in [0.2, 0.25) is 0 Å². The number of nitrogens with one attached hydrogen (secondary N) is 1. The maximum absolute atomic E-state index is 12.4. The molecule has 1 N–H and O–H groups in total. The maximum Gasteiger partial charge on any atom is 0.225 e. The molecule has 114 valence electrons. The molecule has 0 spiro atoms. The molecule has 0 bridgehead atoms. The van der Waals surface area contributed by atoms with Crippen LogP contribution in [0.1, 0.15) is 23.9 Å². The van der Waals surface area contributed by atoms with Gasteiger partial charge in [0.2, 0.25) is 5.91 Å². The lowest BCUT2D eigenvalue weighted by molar-refractivity contribution is -0.135. The molecule has 0 aliphatic carbocycles. The average Bonchev–Trinajstić information content (AvgIpc) is 2.65. The summed E-state index contributed by atoms with van der Waals surface area (Å²) in [5.41, 5.74) is 3.43. The van der Waals surface area contributed by atoms with Gasteiger partial charge in [-0.1, -0.05) is 6.92 Å². The van der Waals surface area contributed by atoms with E-state index in [1.807, 2.05) is 30.5 Å². The molecule has 1 aromatic rings. The van der Waals surface area contributed by atoms with Gasteiger partial charge >= 0.3 is 0 Å². The normalized spacial score (nSPS) is 16.7. The molecule has 1 unspecified atom stereocenters. The second kappa shape index (κ2) is 7.09. The van der Waals surface area contributed by atoms with E-state index in [9.17, 15) is 4.79 Å². The summed E-state index contributed by atoms with van der Waals surface area (Å²) in [7, 11) is 1.95. The summed E-state index contributed by atoms with van der Waals surface area (Å²) in [4.78, 5) is 14.4. The molecule has 5 nitrogen and oxygen atoms in total. The Morgan fingerprint density at radius 1 is 1.35 bits per heavy atom. The predicted octanol–water partition coefficient (Wildman–Crippen LogP) is 1.07. The van der Waals surface area contributed by atoms with Crippen LogP contribution in [-0.2, 0) is 18.3 Å². The molecule has 0 saturated carbocycles. The van der Waals surface area contributed by atoms with Crippen molar-refractivity contribution in [2.45, 2.75) is 27.2 Å². The van der Waals surface area contributed by atoms with Crippen LogP contribution in [-0.4, -0.2) is 46.8 Å². The number of nitrogens with zero attached hydrogens (tertiary/aromatic N) is 3. The summed E-state index contributed by atoms with van der Waals surface area (Å²) in [5, 5.41) is 7.69. The molecule has 1 saturated heterocycles. The number of hydrogen-bond acceptors (Lipinski definition) is 3. The minimum absolute atomic E-state index is 0. The second-order valence-corrected chi connectivity index (χ2v) is 5.45. The number of hydrogen-bond donors (Lipinski definition) is 1. The third kappa shape index (κ3) is 3.52. The summed E-state index contributed by atoms with van der Waals surface area (Å²) in [6.45, 7) is 9.58. The highest BCUT2D eigenvalue weighted by atomic mass is 35.5. The first-order chi connectivity index (χ1) is 9.00. The molecule has 1 atom stereocenters. The van der Waals surface area contributed by atoms with Crippen LogP contribution in [0, 0.1) is 19.8 Å². The summed E-state index contributed by atoms with van der Waals surface area (Å²) >= 11 is 0. The number of aromatic nitrogens is 2. The van der Waals surface area contributed by atoms with Gasteiger partial charge in [0.05, 0.1) is 5.69 Å². The number of halogens is 1. The SMILES string of the molecule is Cc1nn(C)c(C)c1CC(C)C(=O)N1CCNCC1.Cl. The van der Waals surface area contributed by atoms with Crippen LogP contribution in [0.3, 0.4) is 0 Å². The van der Waals surface area contributed by atoms with Crippen LogP contribution in [0.15, 0.2) is 0 Å². The number of carbonyl (C=O) groups excluding carboxylic acids is 1. The molecule has 20 heavy (non-hydrogen) atoms. The van der Waals surface area contributed by atoms with Gasteiger partial charge in [0, 0.05) is 44.8 Å². The summed E-state index contributed by atoms with van der Waals surface area (Å²) in [6.07, 6.45) is 0.786. The van der Waals surface area contributed by atoms with Gasteiger partial charge in [-0.05, 0) is 25.8 Å². The minimum atomic E-state index is 0. The number of amides is 1. The van der Waals surface area contributed by atoms with E-state index < -0.39 is 0 Å². The number of carbonyl (C=O) groups is 1. The minimum Gasteiger partial charge on any atom is -0.340 e. The number of piperazine rings is 1. The smallest absolute Gasteiger partial charge is 0.225 e. The fourth-order valence-corrected chi connectivity index (χ4v) is 2.70. The van der Waals surface area contributed by atoms with Gasteiger partial charge in [-0.25, -0.2) is 0 Å². The molecule has 0 aromatic carbocycles. The molecule has 1 aromatic heterocycles. The van der Waals surface area contributed by atoms with Crippen LogP contribution in [0.25, 0.3) is 0 Å².